The van der Waals surface area contributed by atoms with Gasteiger partial charge in [0.1, 0.15) is 5.76 Å². The first kappa shape index (κ1) is 12.0. The maximum absolute atomic E-state index is 5.69. The van der Waals surface area contributed by atoms with Crippen molar-refractivity contribution in [2.24, 2.45) is 0 Å². The van der Waals surface area contributed by atoms with Gasteiger partial charge in [-0.15, -0.1) is 0 Å². The smallest absolute Gasteiger partial charge is 0.193 e. The van der Waals surface area contributed by atoms with Gasteiger partial charge in [0, 0.05) is 0 Å². The maximum Gasteiger partial charge on any atom is 0.193 e. The Morgan fingerprint density at radius 3 is 2.81 bits per heavy atom. The standard InChI is InChI=1S/C12H19ClN2O/c13-12-5-4-11(16-12)10-14-6-3-9-15-7-1-2-8-15/h4-5,14H,1-3,6-10H2. The molecule has 1 fully saturated rings. The van der Waals surface area contributed by atoms with Crippen molar-refractivity contribution in [3.05, 3.63) is 23.1 Å². The second kappa shape index (κ2) is 6.28. The Kier molecular flexibility index (Phi) is 4.69. The van der Waals surface area contributed by atoms with Crippen molar-refractivity contribution in [1.29, 1.82) is 0 Å². The average molecular weight is 243 g/mol. The van der Waals surface area contributed by atoms with E-state index in [1.807, 2.05) is 6.07 Å². The molecule has 1 aliphatic rings. The highest BCUT2D eigenvalue weighted by Gasteiger charge is 2.09. The summed E-state index contributed by atoms with van der Waals surface area (Å²) in [6.45, 7) is 5.59. The number of nitrogens with one attached hydrogen (secondary N) is 1. The number of nitrogens with zero attached hydrogens (tertiary/aromatic N) is 1. The Balaban J connectivity index is 1.51. The first-order chi connectivity index (χ1) is 7.84. The minimum atomic E-state index is 0.467. The topological polar surface area (TPSA) is 28.4 Å². The van der Waals surface area contributed by atoms with Gasteiger partial charge in [-0.1, -0.05) is 0 Å². The zero-order chi connectivity index (χ0) is 11.2. The minimum absolute atomic E-state index is 0.467. The van der Waals surface area contributed by atoms with Gasteiger partial charge in [-0.05, 0) is 69.2 Å². The van der Waals surface area contributed by atoms with Crippen LogP contribution in [0.1, 0.15) is 25.0 Å². The molecule has 90 valence electrons. The van der Waals surface area contributed by atoms with Crippen LogP contribution in [-0.4, -0.2) is 31.1 Å². The number of furan rings is 1. The molecule has 0 unspecified atom stereocenters. The van der Waals surface area contributed by atoms with Gasteiger partial charge < -0.3 is 14.6 Å². The third-order valence-electron chi connectivity index (χ3n) is 2.95. The Hall–Kier alpha value is -0.510. The monoisotopic (exact) mass is 242 g/mol. The highest BCUT2D eigenvalue weighted by molar-refractivity contribution is 6.28. The van der Waals surface area contributed by atoms with E-state index < -0.39 is 0 Å². The largest absolute Gasteiger partial charge is 0.448 e. The Morgan fingerprint density at radius 1 is 1.31 bits per heavy atom. The first-order valence-electron chi connectivity index (χ1n) is 6.02. The van der Waals surface area contributed by atoms with Crippen LogP contribution in [0.4, 0.5) is 0 Å². The molecule has 2 heterocycles. The zero-order valence-corrected chi connectivity index (χ0v) is 10.3. The molecule has 1 aromatic rings. The van der Waals surface area contributed by atoms with E-state index in [2.05, 4.69) is 10.2 Å². The number of rotatable bonds is 6. The van der Waals surface area contributed by atoms with E-state index in [-0.39, 0.29) is 0 Å². The summed E-state index contributed by atoms with van der Waals surface area (Å²) in [6.07, 6.45) is 3.95. The molecule has 4 heteroatoms. The van der Waals surface area contributed by atoms with E-state index in [9.17, 15) is 0 Å². The molecule has 0 radical (unpaired) electrons. The predicted molar refractivity (Wildman–Crippen MR) is 65.7 cm³/mol. The van der Waals surface area contributed by atoms with Crippen molar-refractivity contribution in [3.8, 4) is 0 Å². The summed E-state index contributed by atoms with van der Waals surface area (Å²) in [5.74, 6) is 0.908. The normalized spacial score (nSPS) is 17.1. The molecule has 0 spiro atoms. The quantitative estimate of drug-likeness (QED) is 0.777. The van der Waals surface area contributed by atoms with Gasteiger partial charge in [0.05, 0.1) is 6.54 Å². The fraction of sp³-hybridized carbons (Fsp3) is 0.667. The highest BCUT2D eigenvalue weighted by atomic mass is 35.5. The van der Waals surface area contributed by atoms with E-state index in [1.165, 1.54) is 38.9 Å². The van der Waals surface area contributed by atoms with Crippen LogP contribution < -0.4 is 5.32 Å². The van der Waals surface area contributed by atoms with Crippen molar-refractivity contribution >= 4 is 11.6 Å². The fourth-order valence-electron chi connectivity index (χ4n) is 2.09. The van der Waals surface area contributed by atoms with Crippen LogP contribution in [0.25, 0.3) is 0 Å². The summed E-state index contributed by atoms with van der Waals surface area (Å²) < 4.78 is 5.26. The van der Waals surface area contributed by atoms with Crippen molar-refractivity contribution in [1.82, 2.24) is 10.2 Å². The van der Waals surface area contributed by atoms with E-state index in [1.54, 1.807) is 6.07 Å². The Bertz CT molecular complexity index is 308. The van der Waals surface area contributed by atoms with Gasteiger partial charge >= 0.3 is 0 Å². The van der Waals surface area contributed by atoms with Gasteiger partial charge in [-0.25, -0.2) is 0 Å². The van der Waals surface area contributed by atoms with Gasteiger partial charge in [0.25, 0.3) is 0 Å². The first-order valence-corrected chi connectivity index (χ1v) is 6.40. The molecular formula is C12H19ClN2O. The van der Waals surface area contributed by atoms with E-state index in [4.69, 9.17) is 16.0 Å². The van der Waals surface area contributed by atoms with Crippen LogP contribution in [0.5, 0.6) is 0 Å². The molecule has 1 saturated heterocycles. The van der Waals surface area contributed by atoms with Crippen LogP contribution in [0.15, 0.2) is 16.5 Å². The third kappa shape index (κ3) is 3.81. The maximum atomic E-state index is 5.69. The van der Waals surface area contributed by atoms with Crippen molar-refractivity contribution in [2.75, 3.05) is 26.2 Å². The van der Waals surface area contributed by atoms with Crippen molar-refractivity contribution in [2.45, 2.75) is 25.8 Å². The van der Waals surface area contributed by atoms with Crippen LogP contribution in [-0.2, 0) is 6.54 Å². The lowest BCUT2D eigenvalue weighted by molar-refractivity contribution is 0.330. The van der Waals surface area contributed by atoms with E-state index in [0.29, 0.717) is 5.22 Å². The van der Waals surface area contributed by atoms with Crippen LogP contribution in [0.2, 0.25) is 5.22 Å². The lowest BCUT2D eigenvalue weighted by atomic mass is 10.3. The van der Waals surface area contributed by atoms with Crippen molar-refractivity contribution < 1.29 is 4.42 Å². The Morgan fingerprint density at radius 2 is 2.12 bits per heavy atom. The zero-order valence-electron chi connectivity index (χ0n) is 9.54. The highest BCUT2D eigenvalue weighted by Crippen LogP contribution is 2.12. The van der Waals surface area contributed by atoms with Gasteiger partial charge in [0.15, 0.2) is 5.22 Å². The molecule has 0 atom stereocenters. The van der Waals surface area contributed by atoms with Gasteiger partial charge in [-0.3, -0.25) is 0 Å². The number of halogens is 1. The predicted octanol–water partition coefficient (Wildman–Crippen LogP) is 2.51. The molecule has 1 aliphatic heterocycles. The summed E-state index contributed by atoms with van der Waals surface area (Å²) in [4.78, 5) is 2.53. The van der Waals surface area contributed by atoms with E-state index in [0.717, 1.165) is 18.8 Å². The molecule has 2 rings (SSSR count). The summed E-state index contributed by atoms with van der Waals surface area (Å²) in [6, 6.07) is 3.69. The van der Waals surface area contributed by atoms with Gasteiger partial charge in [-0.2, -0.15) is 0 Å². The van der Waals surface area contributed by atoms with Crippen LogP contribution in [0, 0.1) is 0 Å². The Labute approximate surface area is 102 Å². The summed E-state index contributed by atoms with van der Waals surface area (Å²) >= 11 is 5.69. The SMILES string of the molecule is Clc1ccc(CNCCCN2CCCC2)o1. The molecule has 0 aromatic carbocycles. The van der Waals surface area contributed by atoms with Crippen LogP contribution in [0.3, 0.4) is 0 Å². The number of hydrogen-bond acceptors (Lipinski definition) is 3. The number of likely N-dealkylation sites (tertiary alicyclic amines) is 1. The fourth-order valence-corrected chi connectivity index (χ4v) is 2.25. The summed E-state index contributed by atoms with van der Waals surface area (Å²) in [7, 11) is 0. The third-order valence-corrected chi connectivity index (χ3v) is 3.16. The lowest BCUT2D eigenvalue weighted by Gasteiger charge is -2.13. The molecule has 0 aliphatic carbocycles. The number of hydrogen-bond donors (Lipinski definition) is 1. The molecule has 0 bridgehead atoms. The molecule has 1 aromatic heterocycles. The molecule has 0 saturated carbocycles. The second-order valence-electron chi connectivity index (χ2n) is 4.28. The summed E-state index contributed by atoms with van der Waals surface area (Å²) in [5, 5.41) is 3.83. The average Bonchev–Trinajstić information content (AvgIpc) is 2.89. The van der Waals surface area contributed by atoms with Gasteiger partial charge in [0.2, 0.25) is 0 Å². The van der Waals surface area contributed by atoms with Crippen LogP contribution >= 0.6 is 11.6 Å². The molecule has 1 N–H and O–H groups in total. The molecule has 3 nitrogen and oxygen atoms in total. The molecule has 16 heavy (non-hydrogen) atoms. The van der Waals surface area contributed by atoms with E-state index >= 15 is 0 Å². The second-order valence-corrected chi connectivity index (χ2v) is 4.66. The summed E-state index contributed by atoms with van der Waals surface area (Å²) in [5.41, 5.74) is 0. The lowest BCUT2D eigenvalue weighted by Crippen LogP contribution is -2.24. The molecule has 0 amide bonds. The van der Waals surface area contributed by atoms with Crippen molar-refractivity contribution in [3.63, 3.8) is 0 Å². The molecular weight excluding hydrogens is 224 g/mol. The minimum Gasteiger partial charge on any atom is -0.448 e.